The minimum absolute atomic E-state index is 0.0278. The Balaban J connectivity index is 2.12. The van der Waals surface area contributed by atoms with Crippen molar-refractivity contribution in [3.8, 4) is 5.75 Å². The topological polar surface area (TPSA) is 55.6 Å². The van der Waals surface area contributed by atoms with Crippen molar-refractivity contribution in [3.05, 3.63) is 23.8 Å². The van der Waals surface area contributed by atoms with Gasteiger partial charge in [-0.2, -0.15) is 0 Å². The molecule has 2 rings (SSSR count). The first-order valence-corrected chi connectivity index (χ1v) is 5.35. The van der Waals surface area contributed by atoms with Gasteiger partial charge in [-0.25, -0.2) is 0 Å². The van der Waals surface area contributed by atoms with Crippen LogP contribution in [0.1, 0.15) is 12.0 Å². The van der Waals surface area contributed by atoms with E-state index in [1.54, 1.807) is 11.9 Å². The number of nitrogen functional groups attached to an aromatic ring is 1. The molecule has 1 aliphatic rings. The maximum atomic E-state index is 11.6. The van der Waals surface area contributed by atoms with Gasteiger partial charge in [-0.05, 0) is 24.6 Å². The molecule has 86 valence electrons. The Hall–Kier alpha value is -1.71. The number of carbonyl (C=O) groups is 1. The van der Waals surface area contributed by atoms with E-state index in [1.807, 2.05) is 25.1 Å². The first-order chi connectivity index (χ1) is 7.58. The van der Waals surface area contributed by atoms with Gasteiger partial charge in [-0.15, -0.1) is 0 Å². The zero-order valence-electron chi connectivity index (χ0n) is 9.56. The van der Waals surface area contributed by atoms with Crippen LogP contribution >= 0.6 is 0 Å². The molecule has 0 aromatic heterocycles. The van der Waals surface area contributed by atoms with Gasteiger partial charge in [0, 0.05) is 20.0 Å². The molecule has 1 aliphatic heterocycles. The largest absolute Gasteiger partial charge is 0.478 e. The molecule has 1 amide bonds. The van der Waals surface area contributed by atoms with E-state index in [1.165, 1.54) is 0 Å². The third-order valence-corrected chi connectivity index (χ3v) is 2.81. The molecular weight excluding hydrogens is 204 g/mol. The van der Waals surface area contributed by atoms with E-state index in [0.29, 0.717) is 11.4 Å². The molecule has 0 radical (unpaired) electrons. The van der Waals surface area contributed by atoms with E-state index < -0.39 is 0 Å². The highest BCUT2D eigenvalue weighted by Crippen LogP contribution is 2.25. The van der Waals surface area contributed by atoms with Crippen molar-refractivity contribution in [1.82, 2.24) is 4.90 Å². The van der Waals surface area contributed by atoms with E-state index in [0.717, 1.165) is 18.5 Å². The number of ether oxygens (including phenoxy) is 1. The minimum Gasteiger partial charge on any atom is -0.478 e. The molecule has 1 atom stereocenters. The predicted molar refractivity (Wildman–Crippen MR) is 62.3 cm³/mol. The van der Waals surface area contributed by atoms with Crippen molar-refractivity contribution < 1.29 is 9.53 Å². The van der Waals surface area contributed by atoms with Gasteiger partial charge in [0.15, 0.2) is 6.10 Å². The maximum Gasteiger partial charge on any atom is 0.263 e. The molecule has 1 aromatic rings. The van der Waals surface area contributed by atoms with Crippen LogP contribution in [0.3, 0.4) is 0 Å². The Morgan fingerprint density at radius 1 is 1.50 bits per heavy atom. The summed E-state index contributed by atoms with van der Waals surface area (Å²) in [5.74, 6) is 0.624. The number of nitrogens with zero attached hydrogens (tertiary/aromatic N) is 1. The first-order valence-electron chi connectivity index (χ1n) is 5.35. The molecular formula is C12H16N2O2. The Morgan fingerprint density at radius 2 is 2.25 bits per heavy atom. The van der Waals surface area contributed by atoms with E-state index >= 15 is 0 Å². The number of likely N-dealkylation sites (tertiary alicyclic amines) is 1. The van der Waals surface area contributed by atoms with Crippen LogP contribution < -0.4 is 10.5 Å². The summed E-state index contributed by atoms with van der Waals surface area (Å²) < 4.78 is 5.63. The van der Waals surface area contributed by atoms with E-state index in [-0.39, 0.29) is 12.0 Å². The highest BCUT2D eigenvalue weighted by atomic mass is 16.5. The standard InChI is InChI=1S/C12H16N2O2/c1-8-3-4-10(9(13)7-8)16-11-5-6-14(2)12(11)15/h3-4,7,11H,5-6,13H2,1-2H3. The van der Waals surface area contributed by atoms with Crippen LogP contribution in [0.25, 0.3) is 0 Å². The molecule has 1 saturated heterocycles. The SMILES string of the molecule is Cc1ccc(OC2CCN(C)C2=O)c(N)c1. The number of likely N-dealkylation sites (N-methyl/N-ethyl adjacent to an activating group) is 1. The van der Waals surface area contributed by atoms with Gasteiger partial charge in [0.05, 0.1) is 5.69 Å². The van der Waals surface area contributed by atoms with Crippen molar-refractivity contribution in [2.75, 3.05) is 19.3 Å². The second kappa shape index (κ2) is 4.04. The maximum absolute atomic E-state index is 11.6. The third-order valence-electron chi connectivity index (χ3n) is 2.81. The van der Waals surface area contributed by atoms with Crippen LogP contribution in [0.15, 0.2) is 18.2 Å². The monoisotopic (exact) mass is 220 g/mol. The number of benzene rings is 1. The number of hydrogen-bond donors (Lipinski definition) is 1. The van der Waals surface area contributed by atoms with Crippen LogP contribution in [0.4, 0.5) is 5.69 Å². The van der Waals surface area contributed by atoms with Crippen LogP contribution in [0.2, 0.25) is 0 Å². The minimum atomic E-state index is -0.380. The quantitative estimate of drug-likeness (QED) is 0.762. The van der Waals surface area contributed by atoms with Crippen LogP contribution in [0, 0.1) is 6.92 Å². The molecule has 4 heteroatoms. The van der Waals surface area contributed by atoms with Gasteiger partial charge >= 0.3 is 0 Å². The number of amides is 1. The molecule has 0 saturated carbocycles. The van der Waals surface area contributed by atoms with Crippen LogP contribution in [-0.4, -0.2) is 30.5 Å². The van der Waals surface area contributed by atoms with Gasteiger partial charge in [0.2, 0.25) is 0 Å². The van der Waals surface area contributed by atoms with E-state index in [9.17, 15) is 4.79 Å². The van der Waals surface area contributed by atoms with Gasteiger partial charge in [-0.1, -0.05) is 6.07 Å². The van der Waals surface area contributed by atoms with Crippen molar-refractivity contribution in [1.29, 1.82) is 0 Å². The molecule has 0 spiro atoms. The number of hydrogen-bond acceptors (Lipinski definition) is 3. The number of anilines is 1. The molecule has 4 nitrogen and oxygen atoms in total. The van der Waals surface area contributed by atoms with Crippen molar-refractivity contribution in [2.24, 2.45) is 0 Å². The predicted octanol–water partition coefficient (Wildman–Crippen LogP) is 1.19. The fourth-order valence-electron chi connectivity index (χ4n) is 1.83. The summed E-state index contributed by atoms with van der Waals surface area (Å²) in [5.41, 5.74) is 7.50. The smallest absolute Gasteiger partial charge is 0.263 e. The summed E-state index contributed by atoms with van der Waals surface area (Å²) in [6.07, 6.45) is 0.345. The summed E-state index contributed by atoms with van der Waals surface area (Å²) in [6.45, 7) is 2.71. The Labute approximate surface area is 95.0 Å². The van der Waals surface area contributed by atoms with Crippen molar-refractivity contribution >= 4 is 11.6 Å². The fourth-order valence-corrected chi connectivity index (χ4v) is 1.83. The van der Waals surface area contributed by atoms with E-state index in [4.69, 9.17) is 10.5 Å². The molecule has 16 heavy (non-hydrogen) atoms. The highest BCUT2D eigenvalue weighted by molar-refractivity contribution is 5.83. The van der Waals surface area contributed by atoms with Gasteiger partial charge < -0.3 is 15.4 Å². The summed E-state index contributed by atoms with van der Waals surface area (Å²) in [5, 5.41) is 0. The van der Waals surface area contributed by atoms with Crippen LogP contribution in [0.5, 0.6) is 5.75 Å². The Morgan fingerprint density at radius 3 is 2.81 bits per heavy atom. The zero-order valence-corrected chi connectivity index (χ0v) is 9.56. The fraction of sp³-hybridized carbons (Fsp3) is 0.417. The second-order valence-corrected chi connectivity index (χ2v) is 4.20. The van der Waals surface area contributed by atoms with Gasteiger partial charge in [-0.3, -0.25) is 4.79 Å². The molecule has 1 aromatic carbocycles. The van der Waals surface area contributed by atoms with E-state index in [2.05, 4.69) is 0 Å². The normalized spacial score (nSPS) is 20.2. The summed E-state index contributed by atoms with van der Waals surface area (Å²) >= 11 is 0. The Kier molecular flexibility index (Phi) is 2.73. The lowest BCUT2D eigenvalue weighted by Crippen LogP contribution is -2.29. The Bertz CT molecular complexity index is 417. The lowest BCUT2D eigenvalue weighted by atomic mass is 10.2. The van der Waals surface area contributed by atoms with Crippen molar-refractivity contribution in [3.63, 3.8) is 0 Å². The summed E-state index contributed by atoms with van der Waals surface area (Å²) in [4.78, 5) is 13.3. The number of carbonyl (C=O) groups excluding carboxylic acids is 1. The average molecular weight is 220 g/mol. The molecule has 1 heterocycles. The van der Waals surface area contributed by atoms with Gasteiger partial charge in [0.1, 0.15) is 5.75 Å². The zero-order chi connectivity index (χ0) is 11.7. The van der Waals surface area contributed by atoms with Gasteiger partial charge in [0.25, 0.3) is 5.91 Å². The number of nitrogens with two attached hydrogens (primary N) is 1. The number of rotatable bonds is 2. The first kappa shape index (κ1) is 10.8. The van der Waals surface area contributed by atoms with Crippen LogP contribution in [-0.2, 0) is 4.79 Å². The second-order valence-electron chi connectivity index (χ2n) is 4.20. The lowest BCUT2D eigenvalue weighted by Gasteiger charge is -2.14. The molecule has 0 bridgehead atoms. The average Bonchev–Trinajstić information content (AvgIpc) is 2.54. The number of aryl methyl sites for hydroxylation is 1. The van der Waals surface area contributed by atoms with Crippen molar-refractivity contribution in [2.45, 2.75) is 19.4 Å². The molecule has 1 fully saturated rings. The summed E-state index contributed by atoms with van der Waals surface area (Å²) in [7, 11) is 1.78. The highest BCUT2D eigenvalue weighted by Gasteiger charge is 2.31. The molecule has 0 aliphatic carbocycles. The summed E-state index contributed by atoms with van der Waals surface area (Å²) in [6, 6.07) is 5.59. The molecule has 2 N–H and O–H groups in total. The molecule has 1 unspecified atom stereocenters. The lowest BCUT2D eigenvalue weighted by molar-refractivity contribution is -0.132. The third kappa shape index (κ3) is 1.96.